The third kappa shape index (κ3) is 4.02. The number of nitrogens with one attached hydrogen (secondary N) is 1. The zero-order valence-electron chi connectivity index (χ0n) is 16.5. The van der Waals surface area contributed by atoms with E-state index >= 15 is 0 Å². The Bertz CT molecular complexity index is 842. The highest BCUT2D eigenvalue weighted by Gasteiger charge is 2.27. The SMILES string of the molecule is COc1ccccc1C1CNCCN1Cc1ccc2c(c1)CCC(=O)N2C.Cl. The number of aryl methyl sites for hydroxylation is 1. The van der Waals surface area contributed by atoms with Crippen LogP contribution in [-0.4, -0.2) is 44.6 Å². The van der Waals surface area contributed by atoms with Crippen LogP contribution in [0, 0.1) is 0 Å². The van der Waals surface area contributed by atoms with Gasteiger partial charge in [-0.15, -0.1) is 12.4 Å². The first kappa shape index (κ1) is 20.6. The number of piperazine rings is 1. The molecule has 2 aliphatic rings. The number of nitrogens with zero attached hydrogens (tertiary/aromatic N) is 2. The van der Waals surface area contributed by atoms with E-state index in [1.54, 1.807) is 12.0 Å². The number of carbonyl (C=O) groups is 1. The van der Waals surface area contributed by atoms with Gasteiger partial charge in [0.15, 0.2) is 0 Å². The second kappa shape index (κ2) is 8.95. The monoisotopic (exact) mass is 401 g/mol. The maximum atomic E-state index is 11.9. The summed E-state index contributed by atoms with van der Waals surface area (Å²) in [5.41, 5.74) is 4.86. The molecule has 150 valence electrons. The lowest BCUT2D eigenvalue weighted by atomic mass is 9.97. The van der Waals surface area contributed by atoms with Crippen molar-refractivity contribution in [3.05, 3.63) is 59.2 Å². The first-order chi connectivity index (χ1) is 13.2. The van der Waals surface area contributed by atoms with Crippen LogP contribution in [0.2, 0.25) is 0 Å². The highest BCUT2D eigenvalue weighted by molar-refractivity contribution is 5.95. The van der Waals surface area contributed by atoms with Crippen LogP contribution in [0.5, 0.6) is 5.75 Å². The molecule has 2 aromatic rings. The molecule has 0 aliphatic carbocycles. The first-order valence-electron chi connectivity index (χ1n) is 9.63. The molecule has 4 rings (SSSR count). The summed E-state index contributed by atoms with van der Waals surface area (Å²) in [4.78, 5) is 16.2. The first-order valence-corrected chi connectivity index (χ1v) is 9.63. The van der Waals surface area contributed by atoms with Crippen molar-refractivity contribution in [3.8, 4) is 5.75 Å². The van der Waals surface area contributed by atoms with Gasteiger partial charge in [-0.1, -0.05) is 30.3 Å². The number of hydrogen-bond donors (Lipinski definition) is 1. The number of fused-ring (bicyclic) bond motifs is 1. The standard InChI is InChI=1S/C22H27N3O2.ClH/c1-24-19-9-7-16(13-17(19)8-10-22(24)26)15-25-12-11-23-14-20(25)18-5-3-4-6-21(18)27-2;/h3-7,9,13,20,23H,8,10-12,14-15H2,1-2H3;1H. The van der Waals surface area contributed by atoms with Crippen molar-refractivity contribution in [2.24, 2.45) is 0 Å². The normalized spacial score (nSPS) is 19.7. The number of rotatable bonds is 4. The number of methoxy groups -OCH3 is 1. The number of halogens is 1. The number of anilines is 1. The summed E-state index contributed by atoms with van der Waals surface area (Å²) in [5.74, 6) is 1.15. The largest absolute Gasteiger partial charge is 0.496 e. The third-order valence-corrected chi connectivity index (χ3v) is 5.73. The van der Waals surface area contributed by atoms with Crippen LogP contribution < -0.4 is 15.0 Å². The van der Waals surface area contributed by atoms with Gasteiger partial charge in [0, 0.05) is 50.9 Å². The van der Waals surface area contributed by atoms with Gasteiger partial charge in [-0.05, 0) is 29.7 Å². The van der Waals surface area contributed by atoms with Gasteiger partial charge in [0.1, 0.15) is 5.75 Å². The van der Waals surface area contributed by atoms with E-state index in [1.807, 2.05) is 19.2 Å². The van der Waals surface area contributed by atoms with Crippen LogP contribution in [-0.2, 0) is 17.8 Å². The molecule has 0 bridgehead atoms. The van der Waals surface area contributed by atoms with Gasteiger partial charge in [0.25, 0.3) is 0 Å². The van der Waals surface area contributed by atoms with Crippen LogP contribution in [0.3, 0.4) is 0 Å². The third-order valence-electron chi connectivity index (χ3n) is 5.73. The van der Waals surface area contributed by atoms with Crippen molar-refractivity contribution in [1.82, 2.24) is 10.2 Å². The highest BCUT2D eigenvalue weighted by atomic mass is 35.5. The van der Waals surface area contributed by atoms with Crippen molar-refractivity contribution in [1.29, 1.82) is 0 Å². The van der Waals surface area contributed by atoms with Gasteiger partial charge in [0.2, 0.25) is 5.91 Å². The molecule has 1 fully saturated rings. The van der Waals surface area contributed by atoms with E-state index in [0.29, 0.717) is 6.42 Å². The summed E-state index contributed by atoms with van der Waals surface area (Å²) in [6.45, 7) is 3.81. The van der Waals surface area contributed by atoms with Crippen molar-refractivity contribution < 1.29 is 9.53 Å². The molecule has 1 amide bonds. The minimum Gasteiger partial charge on any atom is -0.496 e. The van der Waals surface area contributed by atoms with Gasteiger partial charge in [0.05, 0.1) is 13.2 Å². The highest BCUT2D eigenvalue weighted by Crippen LogP contribution is 2.32. The van der Waals surface area contributed by atoms with Crippen molar-refractivity contribution in [2.75, 3.05) is 38.7 Å². The Morgan fingerprint density at radius 1 is 1.18 bits per heavy atom. The Balaban J connectivity index is 0.00000225. The minimum absolute atomic E-state index is 0. The van der Waals surface area contributed by atoms with Crippen LogP contribution in [0.1, 0.15) is 29.2 Å². The summed E-state index contributed by atoms with van der Waals surface area (Å²) >= 11 is 0. The molecule has 0 spiro atoms. The molecule has 1 unspecified atom stereocenters. The van der Waals surface area contributed by atoms with E-state index in [0.717, 1.165) is 44.0 Å². The molecule has 0 aromatic heterocycles. The Kier molecular flexibility index (Phi) is 6.60. The van der Waals surface area contributed by atoms with Gasteiger partial charge in [-0.2, -0.15) is 0 Å². The van der Waals surface area contributed by atoms with E-state index in [1.165, 1.54) is 16.7 Å². The topological polar surface area (TPSA) is 44.8 Å². The van der Waals surface area contributed by atoms with Crippen LogP contribution in [0.4, 0.5) is 5.69 Å². The molecule has 0 radical (unpaired) electrons. The molecule has 5 nitrogen and oxygen atoms in total. The number of benzene rings is 2. The van der Waals surface area contributed by atoms with Crippen molar-refractivity contribution >= 4 is 24.0 Å². The number of ether oxygens (including phenoxy) is 1. The molecule has 6 heteroatoms. The van der Waals surface area contributed by atoms with Gasteiger partial charge in [-0.3, -0.25) is 9.69 Å². The average molecular weight is 402 g/mol. The number of hydrogen-bond acceptors (Lipinski definition) is 4. The summed E-state index contributed by atoms with van der Waals surface area (Å²) in [5, 5.41) is 3.52. The van der Waals surface area contributed by atoms with E-state index < -0.39 is 0 Å². The molecule has 28 heavy (non-hydrogen) atoms. The maximum Gasteiger partial charge on any atom is 0.227 e. The molecule has 1 N–H and O–H groups in total. The zero-order valence-corrected chi connectivity index (χ0v) is 17.3. The number of carbonyl (C=O) groups excluding carboxylic acids is 1. The maximum absolute atomic E-state index is 11.9. The lowest BCUT2D eigenvalue weighted by molar-refractivity contribution is -0.118. The summed E-state index contributed by atoms with van der Waals surface area (Å²) in [6.07, 6.45) is 1.44. The van der Waals surface area contributed by atoms with Crippen LogP contribution in [0.25, 0.3) is 0 Å². The summed E-state index contributed by atoms with van der Waals surface area (Å²) < 4.78 is 5.60. The Morgan fingerprint density at radius 2 is 2.00 bits per heavy atom. The molecule has 2 aromatic carbocycles. The predicted molar refractivity (Wildman–Crippen MR) is 114 cm³/mol. The Labute approximate surface area is 173 Å². The second-order valence-electron chi connectivity index (χ2n) is 7.35. The van der Waals surface area contributed by atoms with E-state index in [-0.39, 0.29) is 24.4 Å². The average Bonchev–Trinajstić information content (AvgIpc) is 2.71. The van der Waals surface area contributed by atoms with E-state index in [9.17, 15) is 4.79 Å². The fourth-order valence-electron chi connectivity index (χ4n) is 4.23. The molecule has 1 atom stereocenters. The van der Waals surface area contributed by atoms with Crippen molar-refractivity contribution in [2.45, 2.75) is 25.4 Å². The number of para-hydroxylation sites is 1. The Morgan fingerprint density at radius 3 is 2.82 bits per heavy atom. The number of amides is 1. The molecule has 2 aliphatic heterocycles. The lowest BCUT2D eigenvalue weighted by Gasteiger charge is -2.37. The molecule has 1 saturated heterocycles. The summed E-state index contributed by atoms with van der Waals surface area (Å²) in [7, 11) is 3.61. The molecular formula is C22H28ClN3O2. The predicted octanol–water partition coefficient (Wildman–Crippen LogP) is 3.17. The summed E-state index contributed by atoms with van der Waals surface area (Å²) in [6, 6.07) is 15.1. The smallest absolute Gasteiger partial charge is 0.227 e. The molecule has 0 saturated carbocycles. The zero-order chi connectivity index (χ0) is 18.8. The van der Waals surface area contributed by atoms with Gasteiger partial charge >= 0.3 is 0 Å². The molecule has 2 heterocycles. The fourth-order valence-corrected chi connectivity index (χ4v) is 4.23. The van der Waals surface area contributed by atoms with E-state index in [2.05, 4.69) is 40.5 Å². The van der Waals surface area contributed by atoms with Crippen molar-refractivity contribution in [3.63, 3.8) is 0 Å². The van der Waals surface area contributed by atoms with Gasteiger partial charge < -0.3 is 15.0 Å². The minimum atomic E-state index is 0. The van der Waals surface area contributed by atoms with E-state index in [4.69, 9.17) is 4.74 Å². The fraction of sp³-hybridized carbons (Fsp3) is 0.409. The van der Waals surface area contributed by atoms with Gasteiger partial charge in [-0.25, -0.2) is 0 Å². The lowest BCUT2D eigenvalue weighted by Crippen LogP contribution is -2.45. The quantitative estimate of drug-likeness (QED) is 0.854. The van der Waals surface area contributed by atoms with Crippen LogP contribution >= 0.6 is 12.4 Å². The Hall–Kier alpha value is -2.08. The van der Waals surface area contributed by atoms with Crippen LogP contribution in [0.15, 0.2) is 42.5 Å². The molecular weight excluding hydrogens is 374 g/mol. The second-order valence-corrected chi connectivity index (χ2v) is 7.35.